The first kappa shape index (κ1) is 16.8. The Balaban J connectivity index is 1.34. The third kappa shape index (κ3) is 3.53. The van der Waals surface area contributed by atoms with Gasteiger partial charge in [-0.25, -0.2) is 13.4 Å². The Labute approximate surface area is 150 Å². The summed E-state index contributed by atoms with van der Waals surface area (Å²) >= 11 is 5.98. The minimum atomic E-state index is -2.97. The first-order valence-electron chi connectivity index (χ1n) is 8.46. The second-order valence-electron chi connectivity index (χ2n) is 7.00. The second kappa shape index (κ2) is 6.29. The summed E-state index contributed by atoms with van der Waals surface area (Å²) in [5.41, 5.74) is 1.50. The van der Waals surface area contributed by atoms with Gasteiger partial charge in [-0.3, -0.25) is 4.79 Å². The largest absolute Gasteiger partial charge is 0.440 e. The van der Waals surface area contributed by atoms with Crippen LogP contribution in [-0.4, -0.2) is 36.9 Å². The van der Waals surface area contributed by atoms with E-state index in [4.69, 9.17) is 16.0 Å². The molecular formula is C17H19ClN2O4S. The van der Waals surface area contributed by atoms with Crippen LogP contribution in [0.1, 0.15) is 37.5 Å². The predicted octanol–water partition coefficient (Wildman–Crippen LogP) is 2.67. The molecule has 2 fully saturated rings. The Hall–Kier alpha value is -1.60. The maximum absolute atomic E-state index is 12.1. The molecular weight excluding hydrogens is 364 g/mol. The number of fused-ring (bicyclic) bond motifs is 1. The SMILES string of the molecule is O=C(NC1CCC(c2nc3cc(Cl)ccc3o2)CC1)C1CS(=O)(=O)C1. The molecule has 134 valence electrons. The second-order valence-corrected chi connectivity index (χ2v) is 9.59. The Kier molecular flexibility index (Phi) is 4.24. The summed E-state index contributed by atoms with van der Waals surface area (Å²) < 4.78 is 28.2. The van der Waals surface area contributed by atoms with Crippen LogP contribution in [-0.2, 0) is 14.6 Å². The molecule has 2 aromatic rings. The fourth-order valence-corrected chi connectivity index (χ4v) is 5.21. The maximum atomic E-state index is 12.1. The summed E-state index contributed by atoms with van der Waals surface area (Å²) in [7, 11) is -2.97. The molecule has 0 spiro atoms. The maximum Gasteiger partial charge on any atom is 0.225 e. The highest BCUT2D eigenvalue weighted by Crippen LogP contribution is 2.34. The Bertz CT molecular complexity index is 904. The smallest absolute Gasteiger partial charge is 0.225 e. The number of halogens is 1. The number of amides is 1. The Morgan fingerprint density at radius 3 is 2.60 bits per heavy atom. The number of rotatable bonds is 3. The standard InChI is InChI=1S/C17H19ClN2O4S/c18-12-3-6-15-14(7-12)20-17(24-15)10-1-4-13(5-2-10)19-16(21)11-8-25(22,23)9-11/h3,6-7,10-11,13H,1-2,4-5,8-9H2,(H,19,21). The van der Waals surface area contributed by atoms with Crippen molar-refractivity contribution in [3.05, 3.63) is 29.1 Å². The van der Waals surface area contributed by atoms with Gasteiger partial charge in [0, 0.05) is 17.0 Å². The van der Waals surface area contributed by atoms with Gasteiger partial charge in [-0.15, -0.1) is 0 Å². The van der Waals surface area contributed by atoms with Gasteiger partial charge in [-0.2, -0.15) is 0 Å². The molecule has 2 heterocycles. The first-order chi connectivity index (χ1) is 11.9. The van der Waals surface area contributed by atoms with Crippen molar-refractivity contribution in [2.75, 3.05) is 11.5 Å². The number of aromatic nitrogens is 1. The van der Waals surface area contributed by atoms with Gasteiger partial charge in [-0.1, -0.05) is 11.6 Å². The van der Waals surface area contributed by atoms with Crippen molar-refractivity contribution in [3.63, 3.8) is 0 Å². The quantitative estimate of drug-likeness (QED) is 0.881. The van der Waals surface area contributed by atoms with Crippen LogP contribution in [0, 0.1) is 5.92 Å². The van der Waals surface area contributed by atoms with Crippen molar-refractivity contribution in [1.82, 2.24) is 10.3 Å². The van der Waals surface area contributed by atoms with E-state index in [1.54, 1.807) is 12.1 Å². The molecule has 0 bridgehead atoms. The lowest BCUT2D eigenvalue weighted by Crippen LogP contribution is -2.50. The number of carbonyl (C=O) groups excluding carboxylic acids is 1. The fraction of sp³-hybridized carbons (Fsp3) is 0.529. The summed E-state index contributed by atoms with van der Waals surface area (Å²) in [6, 6.07) is 5.51. The van der Waals surface area contributed by atoms with Crippen LogP contribution < -0.4 is 5.32 Å². The summed E-state index contributed by atoms with van der Waals surface area (Å²) in [6.07, 6.45) is 3.45. The van der Waals surface area contributed by atoms with Gasteiger partial charge in [0.05, 0.1) is 17.4 Å². The van der Waals surface area contributed by atoms with Crippen molar-refractivity contribution in [1.29, 1.82) is 0 Å². The minimum Gasteiger partial charge on any atom is -0.440 e. The molecule has 8 heteroatoms. The molecule has 4 rings (SSSR count). The van der Waals surface area contributed by atoms with E-state index in [9.17, 15) is 13.2 Å². The number of oxazole rings is 1. The zero-order valence-corrected chi connectivity index (χ0v) is 15.1. The van der Waals surface area contributed by atoms with E-state index in [-0.39, 0.29) is 35.3 Å². The molecule has 1 aromatic carbocycles. The van der Waals surface area contributed by atoms with Crippen molar-refractivity contribution in [2.45, 2.75) is 37.6 Å². The normalized spacial score (nSPS) is 26.3. The number of benzene rings is 1. The number of hydrogen-bond acceptors (Lipinski definition) is 5. The molecule has 1 aromatic heterocycles. The van der Waals surface area contributed by atoms with Gasteiger partial charge < -0.3 is 9.73 Å². The molecule has 1 N–H and O–H groups in total. The lowest BCUT2D eigenvalue weighted by molar-refractivity contribution is -0.125. The molecule has 25 heavy (non-hydrogen) atoms. The average molecular weight is 383 g/mol. The molecule has 1 amide bonds. The highest BCUT2D eigenvalue weighted by molar-refractivity contribution is 7.92. The highest BCUT2D eigenvalue weighted by Gasteiger charge is 2.39. The van der Waals surface area contributed by atoms with E-state index in [0.29, 0.717) is 5.02 Å². The summed E-state index contributed by atoms with van der Waals surface area (Å²) in [5, 5.41) is 3.63. The van der Waals surface area contributed by atoms with Gasteiger partial charge in [0.1, 0.15) is 5.52 Å². The van der Waals surface area contributed by atoms with Crippen molar-refractivity contribution >= 4 is 38.4 Å². The van der Waals surface area contributed by atoms with Crippen molar-refractivity contribution in [3.8, 4) is 0 Å². The van der Waals surface area contributed by atoms with Crippen LogP contribution in [0.2, 0.25) is 5.02 Å². The van der Waals surface area contributed by atoms with Gasteiger partial charge in [-0.05, 0) is 43.9 Å². The van der Waals surface area contributed by atoms with Crippen LogP contribution in [0.15, 0.2) is 22.6 Å². The van der Waals surface area contributed by atoms with E-state index in [2.05, 4.69) is 10.3 Å². The minimum absolute atomic E-state index is 0.0142. The van der Waals surface area contributed by atoms with Gasteiger partial charge in [0.15, 0.2) is 21.3 Å². The van der Waals surface area contributed by atoms with Gasteiger partial charge in [0.25, 0.3) is 0 Å². The third-order valence-corrected chi connectivity index (χ3v) is 7.13. The number of carbonyl (C=O) groups is 1. The molecule has 1 aliphatic heterocycles. The molecule has 6 nitrogen and oxygen atoms in total. The Morgan fingerprint density at radius 1 is 1.20 bits per heavy atom. The van der Waals surface area contributed by atoms with Crippen molar-refractivity contribution < 1.29 is 17.6 Å². The van der Waals surface area contributed by atoms with Crippen molar-refractivity contribution in [2.24, 2.45) is 5.92 Å². The number of hydrogen-bond donors (Lipinski definition) is 1. The molecule has 2 aliphatic rings. The van der Waals surface area contributed by atoms with E-state index < -0.39 is 9.84 Å². The summed E-state index contributed by atoms with van der Waals surface area (Å²) in [4.78, 5) is 16.6. The fourth-order valence-electron chi connectivity index (χ4n) is 3.61. The molecule has 0 radical (unpaired) electrons. The number of nitrogens with zero attached hydrogens (tertiary/aromatic N) is 1. The Morgan fingerprint density at radius 2 is 1.92 bits per heavy atom. The molecule has 1 saturated heterocycles. The van der Waals surface area contributed by atoms with Crippen LogP contribution in [0.5, 0.6) is 0 Å². The monoisotopic (exact) mass is 382 g/mol. The molecule has 0 atom stereocenters. The zero-order valence-electron chi connectivity index (χ0n) is 13.6. The van der Waals surface area contributed by atoms with Crippen LogP contribution in [0.25, 0.3) is 11.1 Å². The summed E-state index contributed by atoms with van der Waals surface area (Å²) in [5.74, 6) is 0.439. The van der Waals surface area contributed by atoms with Crippen LogP contribution in [0.4, 0.5) is 0 Å². The van der Waals surface area contributed by atoms with Gasteiger partial charge >= 0.3 is 0 Å². The first-order valence-corrected chi connectivity index (χ1v) is 10.7. The lowest BCUT2D eigenvalue weighted by atomic mass is 9.85. The third-order valence-electron chi connectivity index (χ3n) is 5.07. The van der Waals surface area contributed by atoms with E-state index in [0.717, 1.165) is 42.7 Å². The summed E-state index contributed by atoms with van der Waals surface area (Å²) in [6.45, 7) is 0. The molecule has 1 saturated carbocycles. The zero-order chi connectivity index (χ0) is 17.6. The van der Waals surface area contributed by atoms with E-state index in [1.165, 1.54) is 0 Å². The highest BCUT2D eigenvalue weighted by atomic mass is 35.5. The predicted molar refractivity (Wildman–Crippen MR) is 94.3 cm³/mol. The van der Waals surface area contributed by atoms with E-state index >= 15 is 0 Å². The topological polar surface area (TPSA) is 89.3 Å². The number of nitrogens with one attached hydrogen (secondary N) is 1. The van der Waals surface area contributed by atoms with E-state index in [1.807, 2.05) is 6.07 Å². The average Bonchev–Trinajstić information content (AvgIpc) is 2.96. The van der Waals surface area contributed by atoms with Crippen LogP contribution >= 0.6 is 11.6 Å². The number of sulfone groups is 1. The lowest BCUT2D eigenvalue weighted by Gasteiger charge is -2.31. The van der Waals surface area contributed by atoms with Crippen LogP contribution in [0.3, 0.4) is 0 Å². The molecule has 1 aliphatic carbocycles. The molecule has 0 unspecified atom stereocenters. The van der Waals surface area contributed by atoms with Gasteiger partial charge in [0.2, 0.25) is 5.91 Å².